The summed E-state index contributed by atoms with van der Waals surface area (Å²) in [6, 6.07) is 60.5. The molecule has 8 rings (SSSR count). The monoisotopic (exact) mass is 745 g/mol. The minimum absolute atomic E-state index is 0. The standard InChI is InChI=1S/C17H16.2C13H14.C9H12.4CH4/c1-12(2)17-11-13-7-3-4-8-14(13)15-9-5-6-10-16(15)17;1-10(2)12-9-5-7-11-6-3-4-8-13(11)12;1-10(2)12-8-7-11-5-3-4-6-13(11)9-12;1-8(2)9-6-4-3-5-7-9;;;;/h3-12H,1-2H3;2*3-10H,1-2H3;3-8H,1-2H3;4*1H4. The Balaban J connectivity index is 0.000000372. The van der Waals surface area contributed by atoms with Gasteiger partial charge in [0.1, 0.15) is 0 Å². The lowest BCUT2D eigenvalue weighted by atomic mass is 9.92. The Bertz CT molecular complexity index is 2290. The van der Waals surface area contributed by atoms with Gasteiger partial charge in [-0.2, -0.15) is 0 Å². The minimum atomic E-state index is 0. The Morgan fingerprint density at radius 3 is 1.25 bits per heavy atom. The molecule has 0 saturated carbocycles. The summed E-state index contributed by atoms with van der Waals surface area (Å²) >= 11 is 0. The molecule has 0 aliphatic rings. The first kappa shape index (κ1) is 48.8. The van der Waals surface area contributed by atoms with Crippen LogP contribution >= 0.6 is 0 Å². The fourth-order valence-corrected chi connectivity index (χ4v) is 6.72. The van der Waals surface area contributed by atoms with Crippen LogP contribution in [0.2, 0.25) is 0 Å². The van der Waals surface area contributed by atoms with Gasteiger partial charge in [-0.25, -0.2) is 0 Å². The summed E-state index contributed by atoms with van der Waals surface area (Å²) in [6.45, 7) is 17.9. The van der Waals surface area contributed by atoms with Crippen molar-refractivity contribution in [2.45, 2.75) is 109 Å². The highest BCUT2D eigenvalue weighted by molar-refractivity contribution is 6.09. The Labute approximate surface area is 342 Å². The minimum Gasteiger partial charge on any atom is -0.0776 e. The maximum absolute atomic E-state index is 2.34. The summed E-state index contributed by atoms with van der Waals surface area (Å²) in [7, 11) is 0. The van der Waals surface area contributed by atoms with Crippen LogP contribution in [0, 0.1) is 0 Å². The Morgan fingerprint density at radius 2 is 0.696 bits per heavy atom. The van der Waals surface area contributed by atoms with Crippen LogP contribution in [0.25, 0.3) is 43.1 Å². The van der Waals surface area contributed by atoms with Crippen LogP contribution < -0.4 is 0 Å². The van der Waals surface area contributed by atoms with Gasteiger partial charge < -0.3 is 0 Å². The summed E-state index contributed by atoms with van der Waals surface area (Å²) in [5.74, 6) is 2.44. The molecule has 0 amide bonds. The van der Waals surface area contributed by atoms with E-state index in [9.17, 15) is 0 Å². The number of rotatable bonds is 4. The van der Waals surface area contributed by atoms with E-state index in [2.05, 4.69) is 219 Å². The molecule has 0 aliphatic heterocycles. The summed E-state index contributed by atoms with van der Waals surface area (Å²) in [6.07, 6.45) is 0. The molecule has 0 aromatic heterocycles. The van der Waals surface area contributed by atoms with E-state index >= 15 is 0 Å². The van der Waals surface area contributed by atoms with Gasteiger partial charge in [0, 0.05) is 0 Å². The summed E-state index contributed by atoms with van der Waals surface area (Å²) in [5, 5.41) is 10.9. The fraction of sp³-hybridized carbons (Fsp3) is 0.286. The smallest absolute Gasteiger partial charge is 0.0103 e. The maximum atomic E-state index is 2.34. The molecule has 0 N–H and O–H groups in total. The molecule has 56 heavy (non-hydrogen) atoms. The number of fused-ring (bicyclic) bond motifs is 5. The lowest BCUT2D eigenvalue weighted by Crippen LogP contribution is -1.90. The van der Waals surface area contributed by atoms with E-state index in [4.69, 9.17) is 0 Å². The molecule has 0 radical (unpaired) electrons. The van der Waals surface area contributed by atoms with E-state index in [0.29, 0.717) is 23.7 Å². The molecule has 296 valence electrons. The predicted molar refractivity (Wildman–Crippen MR) is 259 cm³/mol. The quantitative estimate of drug-likeness (QED) is 0.157. The van der Waals surface area contributed by atoms with Crippen molar-refractivity contribution < 1.29 is 0 Å². The van der Waals surface area contributed by atoms with Gasteiger partial charge in [-0.15, -0.1) is 0 Å². The highest BCUT2D eigenvalue weighted by Crippen LogP contribution is 2.32. The molecule has 0 fully saturated rings. The van der Waals surface area contributed by atoms with Crippen LogP contribution in [-0.2, 0) is 0 Å². The van der Waals surface area contributed by atoms with Crippen molar-refractivity contribution in [2.24, 2.45) is 0 Å². The van der Waals surface area contributed by atoms with Crippen molar-refractivity contribution >= 4 is 43.1 Å². The second-order valence-corrected chi connectivity index (χ2v) is 14.9. The van der Waals surface area contributed by atoms with E-state index in [0.717, 1.165) is 0 Å². The van der Waals surface area contributed by atoms with Crippen LogP contribution in [0.3, 0.4) is 0 Å². The Morgan fingerprint density at radius 1 is 0.250 bits per heavy atom. The summed E-state index contributed by atoms with van der Waals surface area (Å²) in [4.78, 5) is 0. The molecule has 8 aromatic carbocycles. The maximum Gasteiger partial charge on any atom is -0.0103 e. The molecule has 0 unspecified atom stereocenters. The third-order valence-electron chi connectivity index (χ3n) is 9.77. The van der Waals surface area contributed by atoms with Crippen molar-refractivity contribution in [1.82, 2.24) is 0 Å². The highest BCUT2D eigenvalue weighted by Gasteiger charge is 2.08. The van der Waals surface area contributed by atoms with E-state index in [1.807, 2.05) is 6.07 Å². The van der Waals surface area contributed by atoms with Crippen molar-refractivity contribution in [3.05, 3.63) is 192 Å². The fourth-order valence-electron chi connectivity index (χ4n) is 6.72. The van der Waals surface area contributed by atoms with Gasteiger partial charge in [0.2, 0.25) is 0 Å². The molecule has 8 aromatic rings. The largest absolute Gasteiger partial charge is 0.0776 e. The highest BCUT2D eigenvalue weighted by atomic mass is 14.1. The summed E-state index contributed by atoms with van der Waals surface area (Å²) < 4.78 is 0. The van der Waals surface area contributed by atoms with Gasteiger partial charge in [-0.1, -0.05) is 255 Å². The van der Waals surface area contributed by atoms with Crippen molar-refractivity contribution in [2.75, 3.05) is 0 Å². The zero-order valence-electron chi connectivity index (χ0n) is 32.5. The van der Waals surface area contributed by atoms with Crippen molar-refractivity contribution in [1.29, 1.82) is 0 Å². The molecule has 0 bridgehead atoms. The third-order valence-corrected chi connectivity index (χ3v) is 9.77. The molecule has 0 saturated heterocycles. The molecule has 0 heteroatoms. The second kappa shape index (κ2) is 23.7. The number of hydrogen-bond acceptors (Lipinski definition) is 0. The molecule has 0 atom stereocenters. The van der Waals surface area contributed by atoms with Gasteiger partial charge >= 0.3 is 0 Å². The predicted octanol–water partition coefficient (Wildman–Crippen LogP) is 18.4. The number of hydrogen-bond donors (Lipinski definition) is 0. The molecule has 0 heterocycles. The van der Waals surface area contributed by atoms with E-state index < -0.39 is 0 Å². The van der Waals surface area contributed by atoms with Crippen LogP contribution in [0.4, 0.5) is 0 Å². The normalized spacial score (nSPS) is 10.2. The average molecular weight is 745 g/mol. The van der Waals surface area contributed by atoms with Gasteiger partial charge in [-0.3, -0.25) is 0 Å². The third kappa shape index (κ3) is 12.7. The van der Waals surface area contributed by atoms with Gasteiger partial charge in [0.05, 0.1) is 0 Å². The average Bonchev–Trinajstić information content (AvgIpc) is 3.18. The second-order valence-electron chi connectivity index (χ2n) is 14.9. The summed E-state index contributed by atoms with van der Waals surface area (Å²) in [5.41, 5.74) is 5.72. The van der Waals surface area contributed by atoms with Crippen LogP contribution in [0.5, 0.6) is 0 Å². The SMILES string of the molecule is C.C.C.C.CC(C)c1cc2ccccc2c2ccccc12.CC(C)c1ccc2ccccc2c1.CC(C)c1cccc2ccccc12.CC(C)c1ccccc1. The first-order chi connectivity index (χ1) is 25.1. The zero-order valence-corrected chi connectivity index (χ0v) is 32.5. The Hall–Kier alpha value is -5.20. The molecular weight excluding hydrogens is 673 g/mol. The van der Waals surface area contributed by atoms with Crippen molar-refractivity contribution in [3.63, 3.8) is 0 Å². The molecule has 0 nitrogen and oxygen atoms in total. The topological polar surface area (TPSA) is 0 Å². The first-order valence-electron chi connectivity index (χ1n) is 19.1. The van der Waals surface area contributed by atoms with E-state index in [-0.39, 0.29) is 29.7 Å². The van der Waals surface area contributed by atoms with Crippen LogP contribution in [0.15, 0.2) is 170 Å². The lowest BCUT2D eigenvalue weighted by Gasteiger charge is -2.13. The molecular formula is C56H72. The zero-order chi connectivity index (χ0) is 37.0. The van der Waals surface area contributed by atoms with Crippen LogP contribution in [0.1, 0.15) is 131 Å². The van der Waals surface area contributed by atoms with E-state index in [1.54, 1.807) is 0 Å². The van der Waals surface area contributed by atoms with Gasteiger partial charge in [0.25, 0.3) is 0 Å². The molecule has 0 spiro atoms. The molecule has 0 aliphatic carbocycles. The van der Waals surface area contributed by atoms with Crippen LogP contribution in [-0.4, -0.2) is 0 Å². The van der Waals surface area contributed by atoms with Crippen molar-refractivity contribution in [3.8, 4) is 0 Å². The van der Waals surface area contributed by atoms with Gasteiger partial charge in [-0.05, 0) is 89.0 Å². The first-order valence-corrected chi connectivity index (χ1v) is 19.1. The number of benzene rings is 8. The lowest BCUT2D eigenvalue weighted by molar-refractivity contribution is 0.867. The van der Waals surface area contributed by atoms with E-state index in [1.165, 1.54) is 65.3 Å². The van der Waals surface area contributed by atoms with Gasteiger partial charge in [0.15, 0.2) is 0 Å². The Kier molecular flexibility index (Phi) is 20.6.